The number of pyridine rings is 1. The lowest BCUT2D eigenvalue weighted by Gasteiger charge is -2.38. The fourth-order valence-corrected chi connectivity index (χ4v) is 4.94. The second-order valence-corrected chi connectivity index (χ2v) is 9.60. The molecule has 1 fully saturated rings. The van der Waals surface area contributed by atoms with Crippen LogP contribution in [0.1, 0.15) is 27.1 Å². The highest BCUT2D eigenvalue weighted by Gasteiger charge is 2.45. The van der Waals surface area contributed by atoms with Gasteiger partial charge in [-0.15, -0.1) is 11.3 Å². The number of aliphatic carboxylic acids is 2. The largest absolute Gasteiger partial charge is 0.490 e. The molecule has 3 aromatic heterocycles. The molecule has 1 saturated heterocycles. The van der Waals surface area contributed by atoms with Gasteiger partial charge in [0, 0.05) is 36.9 Å². The molecule has 0 unspecified atom stereocenters. The highest BCUT2D eigenvalue weighted by molar-refractivity contribution is 7.09. The molecule has 0 saturated carbocycles. The van der Waals surface area contributed by atoms with Gasteiger partial charge < -0.3 is 19.7 Å². The highest BCUT2D eigenvalue weighted by atomic mass is 32.1. The fourth-order valence-electron chi connectivity index (χ4n) is 4.20. The quantitative estimate of drug-likeness (QED) is 0.435. The van der Waals surface area contributed by atoms with Gasteiger partial charge in [0.15, 0.2) is 0 Å². The number of carbonyl (C=O) groups excluding carboxylic acids is 1. The standard InChI is InChI=1S/C20H20N4OS.2C2HF3O2/c25-20-17-7-3-9-23(17)18-13-22(12-16-6-4-10-26-16)14-19(18)24(20)11-15-5-1-2-8-21-15;2*3-2(4,5)1(6)7/h1-10,18-19H,11-14H2;2*(H,6,7)/t18-,19+;;/m0../s1. The number of carboxylic acids is 2. The Morgan fingerprint density at radius 1 is 0.900 bits per heavy atom. The van der Waals surface area contributed by atoms with Gasteiger partial charge in [0.05, 0.1) is 24.3 Å². The van der Waals surface area contributed by atoms with Crippen LogP contribution in [-0.2, 0) is 22.7 Å². The van der Waals surface area contributed by atoms with Gasteiger partial charge in [-0.25, -0.2) is 9.59 Å². The SMILES string of the molecule is O=C(O)C(F)(F)F.O=C(O)C(F)(F)F.O=C1c2cccn2[C@H]2CN(Cc3cccs3)C[C@H]2N1Cc1ccccn1. The molecule has 0 spiro atoms. The molecule has 5 rings (SSSR count). The van der Waals surface area contributed by atoms with E-state index in [0.717, 1.165) is 31.0 Å². The molecular formula is C24H22F6N4O5S. The maximum absolute atomic E-state index is 13.1. The smallest absolute Gasteiger partial charge is 0.475 e. The van der Waals surface area contributed by atoms with Crippen molar-refractivity contribution in [2.45, 2.75) is 37.5 Å². The Morgan fingerprint density at radius 2 is 1.52 bits per heavy atom. The van der Waals surface area contributed by atoms with Crippen LogP contribution in [0.3, 0.4) is 0 Å². The fraction of sp³-hybridized carbons (Fsp3) is 0.333. The number of nitrogens with zero attached hydrogens (tertiary/aromatic N) is 4. The summed E-state index contributed by atoms with van der Waals surface area (Å²) >= 11 is 1.80. The number of carboxylic acid groups (broad SMARTS) is 2. The Kier molecular flexibility index (Phi) is 9.57. The van der Waals surface area contributed by atoms with E-state index in [1.807, 2.05) is 35.2 Å². The van der Waals surface area contributed by atoms with Crippen molar-refractivity contribution in [1.29, 1.82) is 0 Å². The van der Waals surface area contributed by atoms with E-state index in [1.54, 1.807) is 17.5 Å². The average molecular weight is 593 g/mol. The van der Waals surface area contributed by atoms with Crippen LogP contribution in [-0.4, -0.2) is 78.9 Å². The minimum absolute atomic E-state index is 0.111. The van der Waals surface area contributed by atoms with Crippen LogP contribution in [0.15, 0.2) is 60.2 Å². The van der Waals surface area contributed by atoms with Crippen LogP contribution >= 0.6 is 11.3 Å². The molecule has 2 aliphatic heterocycles. The van der Waals surface area contributed by atoms with Gasteiger partial charge in [0.25, 0.3) is 5.91 Å². The second kappa shape index (κ2) is 12.5. The number of alkyl halides is 6. The third-order valence-corrected chi connectivity index (χ3v) is 6.72. The number of fused-ring (bicyclic) bond motifs is 3. The maximum atomic E-state index is 13.1. The van der Waals surface area contributed by atoms with Crippen LogP contribution < -0.4 is 0 Å². The summed E-state index contributed by atoms with van der Waals surface area (Å²) in [6.45, 7) is 3.39. The Bertz CT molecular complexity index is 1270. The molecule has 5 heterocycles. The first kappa shape index (κ1) is 30.6. The Morgan fingerprint density at radius 3 is 2.05 bits per heavy atom. The van der Waals surface area contributed by atoms with Gasteiger partial charge in [0.1, 0.15) is 5.69 Å². The molecule has 3 aromatic rings. The summed E-state index contributed by atoms with van der Waals surface area (Å²) < 4.78 is 65.6. The van der Waals surface area contributed by atoms with Gasteiger partial charge in [-0.1, -0.05) is 12.1 Å². The molecule has 216 valence electrons. The summed E-state index contributed by atoms with van der Waals surface area (Å²) in [4.78, 5) is 41.2. The first-order valence-electron chi connectivity index (χ1n) is 11.4. The number of hydrogen-bond donors (Lipinski definition) is 2. The number of thiophene rings is 1. The Labute approximate surface area is 226 Å². The zero-order valence-corrected chi connectivity index (χ0v) is 21.2. The van der Waals surface area contributed by atoms with E-state index in [9.17, 15) is 31.1 Å². The van der Waals surface area contributed by atoms with Crippen molar-refractivity contribution in [3.8, 4) is 0 Å². The normalized spacial score (nSPS) is 18.6. The van der Waals surface area contributed by atoms with Crippen molar-refractivity contribution < 1.29 is 50.9 Å². The number of aromatic nitrogens is 2. The molecule has 0 bridgehead atoms. The summed E-state index contributed by atoms with van der Waals surface area (Å²) in [6.07, 6.45) is -6.32. The summed E-state index contributed by atoms with van der Waals surface area (Å²) in [6, 6.07) is 14.6. The highest BCUT2D eigenvalue weighted by Crippen LogP contribution is 2.35. The number of amides is 1. The molecular weight excluding hydrogens is 570 g/mol. The Hall–Kier alpha value is -3.92. The number of halogens is 6. The summed E-state index contributed by atoms with van der Waals surface area (Å²) in [5.41, 5.74) is 1.73. The van der Waals surface area contributed by atoms with Crippen molar-refractivity contribution in [3.05, 3.63) is 76.5 Å². The van der Waals surface area contributed by atoms with E-state index in [1.165, 1.54) is 4.88 Å². The van der Waals surface area contributed by atoms with E-state index in [0.29, 0.717) is 12.6 Å². The molecule has 0 radical (unpaired) electrons. The van der Waals surface area contributed by atoms with Gasteiger partial charge in [-0.3, -0.25) is 14.7 Å². The molecule has 1 amide bonds. The van der Waals surface area contributed by atoms with E-state index in [4.69, 9.17) is 19.8 Å². The monoisotopic (exact) mass is 592 g/mol. The van der Waals surface area contributed by atoms with Crippen molar-refractivity contribution in [2.75, 3.05) is 13.1 Å². The number of rotatable bonds is 4. The molecule has 16 heteroatoms. The molecule has 0 aromatic carbocycles. The van der Waals surface area contributed by atoms with Gasteiger partial charge in [0.2, 0.25) is 0 Å². The predicted octanol–water partition coefficient (Wildman–Crippen LogP) is 4.29. The lowest BCUT2D eigenvalue weighted by atomic mass is 10.1. The third kappa shape index (κ3) is 7.81. The van der Waals surface area contributed by atoms with E-state index >= 15 is 0 Å². The Balaban J connectivity index is 0.000000263. The van der Waals surface area contributed by atoms with E-state index in [-0.39, 0.29) is 11.9 Å². The first-order valence-corrected chi connectivity index (χ1v) is 12.3. The van der Waals surface area contributed by atoms with Crippen LogP contribution in [0.4, 0.5) is 26.3 Å². The van der Waals surface area contributed by atoms with E-state index in [2.05, 4.69) is 38.2 Å². The van der Waals surface area contributed by atoms with Crippen molar-refractivity contribution in [3.63, 3.8) is 0 Å². The lowest BCUT2D eigenvalue weighted by molar-refractivity contribution is -0.193. The number of carbonyl (C=O) groups is 3. The maximum Gasteiger partial charge on any atom is 0.490 e. The van der Waals surface area contributed by atoms with Crippen LogP contribution in [0.2, 0.25) is 0 Å². The van der Waals surface area contributed by atoms with Crippen LogP contribution in [0.25, 0.3) is 0 Å². The number of hydrogen-bond acceptors (Lipinski definition) is 6. The summed E-state index contributed by atoms with van der Waals surface area (Å²) in [5.74, 6) is -5.40. The van der Waals surface area contributed by atoms with Crippen molar-refractivity contribution >= 4 is 29.2 Å². The van der Waals surface area contributed by atoms with E-state index < -0.39 is 24.3 Å². The molecule has 9 nitrogen and oxygen atoms in total. The molecule has 40 heavy (non-hydrogen) atoms. The number of likely N-dealkylation sites (tertiary alicyclic amines) is 1. The molecule has 2 atom stereocenters. The van der Waals surface area contributed by atoms with Crippen LogP contribution in [0, 0.1) is 0 Å². The van der Waals surface area contributed by atoms with Crippen molar-refractivity contribution in [1.82, 2.24) is 19.4 Å². The first-order chi connectivity index (χ1) is 18.7. The van der Waals surface area contributed by atoms with Gasteiger partial charge >= 0.3 is 24.3 Å². The molecule has 2 aliphatic rings. The molecule has 0 aliphatic carbocycles. The minimum Gasteiger partial charge on any atom is -0.475 e. The van der Waals surface area contributed by atoms with Crippen molar-refractivity contribution in [2.24, 2.45) is 0 Å². The summed E-state index contributed by atoms with van der Waals surface area (Å²) in [7, 11) is 0. The third-order valence-electron chi connectivity index (χ3n) is 5.85. The topological polar surface area (TPSA) is 116 Å². The minimum atomic E-state index is -5.08. The second-order valence-electron chi connectivity index (χ2n) is 8.57. The van der Waals surface area contributed by atoms with Gasteiger partial charge in [-0.05, 0) is 35.7 Å². The lowest BCUT2D eigenvalue weighted by Crippen LogP contribution is -2.49. The molecule has 2 N–H and O–H groups in total. The zero-order chi connectivity index (χ0) is 29.7. The average Bonchev–Trinajstić information content (AvgIpc) is 3.63. The predicted molar refractivity (Wildman–Crippen MR) is 128 cm³/mol. The van der Waals surface area contributed by atoms with Gasteiger partial charge in [-0.2, -0.15) is 26.3 Å². The summed E-state index contributed by atoms with van der Waals surface area (Å²) in [5, 5.41) is 16.4. The zero-order valence-electron chi connectivity index (χ0n) is 20.3. The van der Waals surface area contributed by atoms with Crippen LogP contribution in [0.5, 0.6) is 0 Å².